The molecule has 0 spiro atoms. The molecule has 2 unspecified atom stereocenters. The van der Waals surface area contributed by atoms with Crippen LogP contribution in [0.25, 0.3) is 0 Å². The Morgan fingerprint density at radius 1 is 1.25 bits per heavy atom. The molecular weight excluding hydrogens is 262 g/mol. The van der Waals surface area contributed by atoms with Crippen molar-refractivity contribution in [2.75, 3.05) is 0 Å². The second kappa shape index (κ2) is 7.00. The monoisotopic (exact) mass is 291 g/mol. The highest BCUT2D eigenvalue weighted by Gasteiger charge is 2.19. The van der Waals surface area contributed by atoms with Crippen molar-refractivity contribution in [2.45, 2.75) is 75.6 Å². The van der Waals surface area contributed by atoms with E-state index in [1.807, 2.05) is 0 Å². The van der Waals surface area contributed by atoms with Crippen LogP contribution in [-0.4, -0.2) is 10.8 Å². The normalized spacial score (nSPS) is 23.8. The third kappa shape index (κ3) is 5.49. The predicted octanol–water partition coefficient (Wildman–Crippen LogP) is 5.25. The molecule has 1 aromatic carbocycles. The van der Waals surface area contributed by atoms with Crippen LogP contribution in [0, 0.1) is 5.92 Å². The van der Waals surface area contributed by atoms with Crippen molar-refractivity contribution in [3.8, 4) is 0 Å². The van der Waals surface area contributed by atoms with Gasteiger partial charge in [0.05, 0.1) is 0 Å². The van der Waals surface area contributed by atoms with Gasteiger partial charge in [0.25, 0.3) is 0 Å². The summed E-state index contributed by atoms with van der Waals surface area (Å²) in [5, 5.41) is 4.39. The van der Waals surface area contributed by atoms with Gasteiger partial charge in [0.15, 0.2) is 0 Å². The summed E-state index contributed by atoms with van der Waals surface area (Å²) in [6.07, 6.45) is 5.60. The molecule has 2 heteroatoms. The molecule has 2 rings (SSSR count). The van der Waals surface area contributed by atoms with Crippen LogP contribution < -0.4 is 5.32 Å². The number of hydrogen-bond donors (Lipinski definition) is 1. The van der Waals surface area contributed by atoms with Gasteiger partial charge in [0, 0.05) is 22.2 Å². The summed E-state index contributed by atoms with van der Waals surface area (Å²) < 4.78 is 0. The zero-order valence-electron chi connectivity index (χ0n) is 13.4. The molecule has 20 heavy (non-hydrogen) atoms. The lowest BCUT2D eigenvalue weighted by atomic mass is 9.91. The van der Waals surface area contributed by atoms with Gasteiger partial charge >= 0.3 is 0 Å². The first kappa shape index (κ1) is 15.9. The van der Waals surface area contributed by atoms with Gasteiger partial charge in [-0.2, -0.15) is 0 Å². The molecule has 0 aromatic heterocycles. The van der Waals surface area contributed by atoms with E-state index in [2.05, 4.69) is 69.0 Å². The molecule has 0 radical (unpaired) electrons. The zero-order valence-corrected chi connectivity index (χ0v) is 14.2. The highest BCUT2D eigenvalue weighted by molar-refractivity contribution is 8.00. The van der Waals surface area contributed by atoms with Gasteiger partial charge in [-0.1, -0.05) is 31.9 Å². The second-order valence-corrected chi connectivity index (χ2v) is 8.64. The molecule has 1 fully saturated rings. The summed E-state index contributed by atoms with van der Waals surface area (Å²) in [6.45, 7) is 10.0. The summed E-state index contributed by atoms with van der Waals surface area (Å²) >= 11 is 2.09. The van der Waals surface area contributed by atoms with Crippen LogP contribution in [0.5, 0.6) is 0 Å². The van der Waals surface area contributed by atoms with Crippen molar-refractivity contribution in [1.82, 2.24) is 5.32 Å². The Morgan fingerprint density at radius 2 is 2.05 bits per heavy atom. The first-order chi connectivity index (χ1) is 9.42. The molecule has 0 bridgehead atoms. The van der Waals surface area contributed by atoms with Crippen molar-refractivity contribution >= 4 is 11.8 Å². The SMILES string of the molecule is CC1CCCC(Sc2cccc(CNC(C)(C)C)c2)C1. The van der Waals surface area contributed by atoms with E-state index in [0.717, 1.165) is 17.7 Å². The van der Waals surface area contributed by atoms with Crippen LogP contribution in [0.15, 0.2) is 29.2 Å². The van der Waals surface area contributed by atoms with E-state index in [1.54, 1.807) is 0 Å². The molecule has 1 aliphatic rings. The third-order valence-electron chi connectivity index (χ3n) is 3.91. The van der Waals surface area contributed by atoms with Crippen molar-refractivity contribution < 1.29 is 0 Å². The molecule has 2 atom stereocenters. The fourth-order valence-electron chi connectivity index (χ4n) is 2.77. The molecule has 0 saturated heterocycles. The van der Waals surface area contributed by atoms with E-state index in [4.69, 9.17) is 0 Å². The molecule has 0 amide bonds. The van der Waals surface area contributed by atoms with Crippen LogP contribution in [0.3, 0.4) is 0 Å². The molecule has 0 aliphatic heterocycles. The van der Waals surface area contributed by atoms with Crippen LogP contribution in [0.4, 0.5) is 0 Å². The Balaban J connectivity index is 1.92. The first-order valence-electron chi connectivity index (χ1n) is 7.93. The highest BCUT2D eigenvalue weighted by atomic mass is 32.2. The largest absolute Gasteiger partial charge is 0.308 e. The average molecular weight is 292 g/mol. The summed E-state index contributed by atoms with van der Waals surface area (Å²) in [7, 11) is 0. The second-order valence-electron chi connectivity index (χ2n) is 7.26. The smallest absolute Gasteiger partial charge is 0.0210 e. The summed E-state index contributed by atoms with van der Waals surface area (Å²) in [5.74, 6) is 0.909. The molecule has 0 heterocycles. The minimum Gasteiger partial charge on any atom is -0.308 e. The van der Waals surface area contributed by atoms with Gasteiger partial charge in [0.1, 0.15) is 0 Å². The predicted molar refractivity (Wildman–Crippen MR) is 90.3 cm³/mol. The lowest BCUT2D eigenvalue weighted by Gasteiger charge is -2.26. The van der Waals surface area contributed by atoms with Crippen LogP contribution in [-0.2, 0) is 6.54 Å². The zero-order chi connectivity index (χ0) is 14.6. The van der Waals surface area contributed by atoms with Gasteiger partial charge in [-0.3, -0.25) is 0 Å². The van der Waals surface area contributed by atoms with Crippen molar-refractivity contribution in [2.24, 2.45) is 5.92 Å². The molecule has 1 aromatic rings. The Labute approximate surface area is 128 Å². The van der Waals surface area contributed by atoms with Crippen LogP contribution in [0.2, 0.25) is 0 Å². The van der Waals surface area contributed by atoms with Crippen molar-refractivity contribution in [3.05, 3.63) is 29.8 Å². The molecule has 1 N–H and O–H groups in total. The number of thioether (sulfide) groups is 1. The van der Waals surface area contributed by atoms with Crippen LogP contribution in [0.1, 0.15) is 58.9 Å². The fraction of sp³-hybridized carbons (Fsp3) is 0.667. The van der Waals surface area contributed by atoms with Crippen LogP contribution >= 0.6 is 11.8 Å². The lowest BCUT2D eigenvalue weighted by Crippen LogP contribution is -2.35. The van der Waals surface area contributed by atoms with Crippen molar-refractivity contribution in [3.63, 3.8) is 0 Å². The minimum absolute atomic E-state index is 0.182. The Hall–Kier alpha value is -0.470. The minimum atomic E-state index is 0.182. The number of rotatable bonds is 4. The first-order valence-corrected chi connectivity index (χ1v) is 8.81. The van der Waals surface area contributed by atoms with Gasteiger partial charge in [-0.25, -0.2) is 0 Å². The van der Waals surface area contributed by atoms with E-state index in [9.17, 15) is 0 Å². The van der Waals surface area contributed by atoms with Gasteiger partial charge in [-0.15, -0.1) is 11.8 Å². The highest BCUT2D eigenvalue weighted by Crippen LogP contribution is 2.36. The maximum absolute atomic E-state index is 3.57. The molecule has 1 aliphatic carbocycles. The number of nitrogens with one attached hydrogen (secondary N) is 1. The number of hydrogen-bond acceptors (Lipinski definition) is 2. The maximum Gasteiger partial charge on any atom is 0.0210 e. The van der Waals surface area contributed by atoms with E-state index in [1.165, 1.54) is 36.1 Å². The van der Waals surface area contributed by atoms with E-state index < -0.39 is 0 Å². The lowest BCUT2D eigenvalue weighted by molar-refractivity contribution is 0.394. The Kier molecular flexibility index (Phi) is 5.57. The number of benzene rings is 1. The van der Waals surface area contributed by atoms with E-state index in [-0.39, 0.29) is 5.54 Å². The van der Waals surface area contributed by atoms with Crippen molar-refractivity contribution in [1.29, 1.82) is 0 Å². The topological polar surface area (TPSA) is 12.0 Å². The van der Waals surface area contributed by atoms with Gasteiger partial charge < -0.3 is 5.32 Å². The van der Waals surface area contributed by atoms with E-state index >= 15 is 0 Å². The summed E-state index contributed by atoms with van der Waals surface area (Å²) in [4.78, 5) is 1.44. The quantitative estimate of drug-likeness (QED) is 0.813. The Morgan fingerprint density at radius 3 is 2.75 bits per heavy atom. The Bertz CT molecular complexity index is 422. The average Bonchev–Trinajstić information content (AvgIpc) is 2.36. The van der Waals surface area contributed by atoms with Gasteiger partial charge in [0.2, 0.25) is 0 Å². The van der Waals surface area contributed by atoms with E-state index in [0.29, 0.717) is 0 Å². The molecule has 1 saturated carbocycles. The van der Waals surface area contributed by atoms with Gasteiger partial charge in [-0.05, 0) is 57.2 Å². The molecule has 1 nitrogen and oxygen atoms in total. The fourth-order valence-corrected chi connectivity index (χ4v) is 4.24. The third-order valence-corrected chi connectivity index (χ3v) is 5.20. The maximum atomic E-state index is 3.57. The molecule has 112 valence electrons. The summed E-state index contributed by atoms with van der Waals surface area (Å²) in [5.41, 5.74) is 1.58. The summed E-state index contributed by atoms with van der Waals surface area (Å²) in [6, 6.07) is 9.06. The molecular formula is C18H29NS. The standard InChI is InChI=1S/C18H29NS/c1-14-7-5-9-16(11-14)20-17-10-6-8-15(12-17)13-19-18(2,3)4/h6,8,10,12,14,16,19H,5,7,9,11,13H2,1-4H3.